The van der Waals surface area contributed by atoms with Gasteiger partial charge in [0.25, 0.3) is 0 Å². The van der Waals surface area contributed by atoms with Crippen LogP contribution in [0.15, 0.2) is 18.2 Å². The minimum Gasteiger partial charge on any atom is -0.491 e. The van der Waals surface area contributed by atoms with Gasteiger partial charge in [0.05, 0.1) is 17.9 Å². The second-order valence-electron chi connectivity index (χ2n) is 3.98. The van der Waals surface area contributed by atoms with Gasteiger partial charge in [0.1, 0.15) is 5.75 Å². The van der Waals surface area contributed by atoms with E-state index >= 15 is 0 Å². The van der Waals surface area contributed by atoms with Crippen LogP contribution in [0.1, 0.15) is 24.2 Å². The third-order valence-corrected chi connectivity index (χ3v) is 2.01. The number of ether oxygens (including phenoxy) is 1. The Bertz CT molecular complexity index is 415. The lowest BCUT2D eigenvalue weighted by atomic mass is 10.2. The van der Waals surface area contributed by atoms with Crippen molar-refractivity contribution in [2.24, 2.45) is 5.92 Å². The molecule has 0 saturated heterocycles. The van der Waals surface area contributed by atoms with E-state index in [-0.39, 0.29) is 5.56 Å². The molecule has 5 nitrogen and oxygen atoms in total. The number of carbonyl (C=O) groups is 2. The summed E-state index contributed by atoms with van der Waals surface area (Å²) in [6.07, 6.45) is 0.489. The maximum atomic E-state index is 10.8. The molecule has 0 bridgehead atoms. The number of hydrogen-bond donors (Lipinski definition) is 2. The molecule has 0 saturated carbocycles. The predicted molar refractivity (Wildman–Crippen MR) is 63.4 cm³/mol. The monoisotopic (exact) mass is 237 g/mol. The van der Waals surface area contributed by atoms with Crippen LogP contribution in [0.25, 0.3) is 0 Å². The topological polar surface area (TPSA) is 75.6 Å². The molecule has 0 fully saturated rings. The molecule has 0 aliphatic rings. The number of nitrogens with one attached hydrogen (secondary N) is 1. The highest BCUT2D eigenvalue weighted by atomic mass is 16.5. The molecule has 17 heavy (non-hydrogen) atoms. The van der Waals surface area contributed by atoms with Crippen LogP contribution in [0.3, 0.4) is 0 Å². The number of anilines is 1. The molecule has 1 aromatic rings. The second-order valence-corrected chi connectivity index (χ2v) is 3.98. The fourth-order valence-corrected chi connectivity index (χ4v) is 1.22. The van der Waals surface area contributed by atoms with E-state index in [1.54, 1.807) is 0 Å². The van der Waals surface area contributed by atoms with Crippen LogP contribution in [-0.4, -0.2) is 24.1 Å². The summed E-state index contributed by atoms with van der Waals surface area (Å²) in [4.78, 5) is 21.2. The quantitative estimate of drug-likeness (QED) is 0.742. The lowest BCUT2D eigenvalue weighted by Gasteiger charge is -2.12. The summed E-state index contributed by atoms with van der Waals surface area (Å²) in [5.74, 6) is -0.233. The summed E-state index contributed by atoms with van der Waals surface area (Å²) in [6, 6.07) is 4.35. The smallest absolute Gasteiger partial charge is 0.335 e. The van der Waals surface area contributed by atoms with Crippen molar-refractivity contribution in [1.29, 1.82) is 0 Å². The zero-order chi connectivity index (χ0) is 12.8. The summed E-state index contributed by atoms with van der Waals surface area (Å²) >= 11 is 0. The Kier molecular flexibility index (Phi) is 4.51. The van der Waals surface area contributed by atoms with Gasteiger partial charge in [-0.3, -0.25) is 4.79 Å². The van der Waals surface area contributed by atoms with Gasteiger partial charge in [0.15, 0.2) is 0 Å². The Morgan fingerprint density at radius 2 is 2.24 bits per heavy atom. The minimum absolute atomic E-state index is 0.103. The molecule has 92 valence electrons. The molecule has 0 atom stereocenters. The molecular weight excluding hydrogens is 222 g/mol. The van der Waals surface area contributed by atoms with Gasteiger partial charge in [-0.25, -0.2) is 4.79 Å². The van der Waals surface area contributed by atoms with Crippen molar-refractivity contribution in [1.82, 2.24) is 0 Å². The number of carbonyl (C=O) groups excluding carboxylic acids is 1. The Morgan fingerprint density at radius 3 is 2.76 bits per heavy atom. The summed E-state index contributed by atoms with van der Waals surface area (Å²) in [7, 11) is 0. The number of carboxylic acids is 1. The van der Waals surface area contributed by atoms with E-state index in [1.807, 2.05) is 13.8 Å². The van der Waals surface area contributed by atoms with Crippen LogP contribution >= 0.6 is 0 Å². The van der Waals surface area contributed by atoms with Gasteiger partial charge < -0.3 is 15.2 Å². The van der Waals surface area contributed by atoms with Gasteiger partial charge in [-0.15, -0.1) is 0 Å². The molecule has 5 heteroatoms. The largest absolute Gasteiger partial charge is 0.491 e. The Balaban J connectivity index is 2.95. The molecule has 1 amide bonds. The van der Waals surface area contributed by atoms with Crippen molar-refractivity contribution in [2.45, 2.75) is 13.8 Å². The van der Waals surface area contributed by atoms with Crippen molar-refractivity contribution >= 4 is 18.1 Å². The highest BCUT2D eigenvalue weighted by molar-refractivity contribution is 5.90. The molecule has 1 rings (SSSR count). The Hall–Kier alpha value is -2.04. The van der Waals surface area contributed by atoms with Crippen molar-refractivity contribution in [3.8, 4) is 5.75 Å². The molecule has 1 aromatic carbocycles. The number of hydrogen-bond acceptors (Lipinski definition) is 3. The zero-order valence-corrected chi connectivity index (χ0v) is 9.77. The first kappa shape index (κ1) is 13.0. The molecule has 2 N–H and O–H groups in total. The second kappa shape index (κ2) is 5.89. The van der Waals surface area contributed by atoms with Gasteiger partial charge in [0.2, 0.25) is 6.41 Å². The van der Waals surface area contributed by atoms with Crippen LogP contribution in [-0.2, 0) is 4.79 Å². The lowest BCUT2D eigenvalue weighted by molar-refractivity contribution is -0.105. The van der Waals surface area contributed by atoms with Crippen LogP contribution in [0, 0.1) is 5.92 Å². The molecule has 0 heterocycles. The highest BCUT2D eigenvalue weighted by Crippen LogP contribution is 2.25. The maximum Gasteiger partial charge on any atom is 0.335 e. The van der Waals surface area contributed by atoms with Crippen molar-refractivity contribution in [3.63, 3.8) is 0 Å². The van der Waals surface area contributed by atoms with Crippen LogP contribution in [0.2, 0.25) is 0 Å². The number of aromatic carboxylic acids is 1. The molecule has 0 aliphatic heterocycles. The summed E-state index contributed by atoms with van der Waals surface area (Å²) < 4.78 is 5.47. The Morgan fingerprint density at radius 1 is 1.53 bits per heavy atom. The van der Waals surface area contributed by atoms with Gasteiger partial charge >= 0.3 is 5.97 Å². The van der Waals surface area contributed by atoms with Crippen LogP contribution in [0.5, 0.6) is 5.75 Å². The molecular formula is C12H15NO4. The fourth-order valence-electron chi connectivity index (χ4n) is 1.22. The average Bonchev–Trinajstić information content (AvgIpc) is 2.27. The first-order valence-corrected chi connectivity index (χ1v) is 5.25. The first-order valence-electron chi connectivity index (χ1n) is 5.25. The van der Waals surface area contributed by atoms with Crippen molar-refractivity contribution in [3.05, 3.63) is 23.8 Å². The van der Waals surface area contributed by atoms with E-state index in [1.165, 1.54) is 18.2 Å². The zero-order valence-electron chi connectivity index (χ0n) is 9.77. The van der Waals surface area contributed by atoms with Crippen molar-refractivity contribution in [2.75, 3.05) is 11.9 Å². The number of amides is 1. The van der Waals surface area contributed by atoms with Gasteiger partial charge in [-0.2, -0.15) is 0 Å². The molecule has 0 spiro atoms. The van der Waals surface area contributed by atoms with Gasteiger partial charge in [-0.05, 0) is 24.1 Å². The Labute approximate surface area is 99.4 Å². The maximum absolute atomic E-state index is 10.8. The molecule has 0 aliphatic carbocycles. The molecule has 0 aromatic heterocycles. The third kappa shape index (κ3) is 3.79. The van der Waals surface area contributed by atoms with Crippen LogP contribution in [0.4, 0.5) is 5.69 Å². The average molecular weight is 237 g/mol. The van der Waals surface area contributed by atoms with E-state index in [9.17, 15) is 9.59 Å². The number of rotatable bonds is 6. The first-order chi connectivity index (χ1) is 8.04. The van der Waals surface area contributed by atoms with E-state index in [0.717, 1.165) is 0 Å². The molecule has 0 radical (unpaired) electrons. The third-order valence-electron chi connectivity index (χ3n) is 2.01. The summed E-state index contributed by atoms with van der Waals surface area (Å²) in [5, 5.41) is 11.3. The van der Waals surface area contributed by atoms with Gasteiger partial charge in [0, 0.05) is 0 Å². The SMILES string of the molecule is CC(C)COc1ccc(C(=O)O)cc1NC=O. The van der Waals surface area contributed by atoms with E-state index < -0.39 is 5.97 Å². The van der Waals surface area contributed by atoms with E-state index in [4.69, 9.17) is 9.84 Å². The summed E-state index contributed by atoms with van der Waals surface area (Å²) in [5.41, 5.74) is 0.465. The highest BCUT2D eigenvalue weighted by Gasteiger charge is 2.09. The predicted octanol–water partition coefficient (Wildman–Crippen LogP) is 1.99. The van der Waals surface area contributed by atoms with E-state index in [0.29, 0.717) is 30.4 Å². The standard InChI is InChI=1S/C12H15NO4/c1-8(2)6-17-11-4-3-9(12(15)16)5-10(11)13-7-14/h3-5,7-8H,6H2,1-2H3,(H,13,14)(H,15,16). The number of benzene rings is 1. The normalized spacial score (nSPS) is 10.1. The van der Waals surface area contributed by atoms with Crippen molar-refractivity contribution < 1.29 is 19.4 Å². The van der Waals surface area contributed by atoms with Crippen LogP contribution < -0.4 is 10.1 Å². The number of carboxylic acid groups (broad SMARTS) is 1. The minimum atomic E-state index is -1.05. The fraction of sp³-hybridized carbons (Fsp3) is 0.333. The molecule has 0 unspecified atom stereocenters. The summed E-state index contributed by atoms with van der Waals surface area (Å²) in [6.45, 7) is 4.50. The van der Waals surface area contributed by atoms with E-state index in [2.05, 4.69) is 5.32 Å². The van der Waals surface area contributed by atoms with Gasteiger partial charge in [-0.1, -0.05) is 13.8 Å². The lowest BCUT2D eigenvalue weighted by Crippen LogP contribution is -2.08.